The smallest absolute Gasteiger partial charge is 0.244 e. The third-order valence-electron chi connectivity index (χ3n) is 3.15. The Bertz CT molecular complexity index is 792. The van der Waals surface area contributed by atoms with E-state index in [1.807, 2.05) is 0 Å². The lowest BCUT2D eigenvalue weighted by atomic mass is 10.2. The third kappa shape index (κ3) is 3.49. The van der Waals surface area contributed by atoms with E-state index in [1.165, 1.54) is 10.4 Å². The van der Waals surface area contributed by atoms with E-state index in [0.717, 1.165) is 0 Å². The van der Waals surface area contributed by atoms with Crippen LogP contribution >= 0.6 is 0 Å². The van der Waals surface area contributed by atoms with Crippen LogP contribution in [0.25, 0.3) is 0 Å². The van der Waals surface area contributed by atoms with Crippen molar-refractivity contribution in [3.05, 3.63) is 23.8 Å². The van der Waals surface area contributed by atoms with Crippen molar-refractivity contribution in [1.82, 2.24) is 0 Å². The number of hydrogen-bond donors (Lipinski definition) is 1. The van der Waals surface area contributed by atoms with Crippen molar-refractivity contribution < 1.29 is 16.8 Å². The molecular formula is C13H16N2O4S2. The molecule has 2 rings (SSSR count). The molecule has 1 heterocycles. The molecule has 1 fully saturated rings. The zero-order chi connectivity index (χ0) is 15.7. The summed E-state index contributed by atoms with van der Waals surface area (Å²) in [5.74, 6) is 1.75. The van der Waals surface area contributed by atoms with Gasteiger partial charge in [-0.25, -0.2) is 16.8 Å². The number of aryl methyl sites for hydroxylation is 1. The number of rotatable bonds is 4. The topological polar surface area (TPSA) is 83.6 Å². The maximum atomic E-state index is 11.9. The van der Waals surface area contributed by atoms with E-state index in [0.29, 0.717) is 29.9 Å². The highest BCUT2D eigenvalue weighted by Gasteiger charge is 2.28. The van der Waals surface area contributed by atoms with Crippen LogP contribution in [-0.4, -0.2) is 34.9 Å². The van der Waals surface area contributed by atoms with Gasteiger partial charge in [-0.3, -0.25) is 9.03 Å². The maximum absolute atomic E-state index is 11.9. The molecule has 0 atom stereocenters. The highest BCUT2D eigenvalue weighted by atomic mass is 32.2. The van der Waals surface area contributed by atoms with Gasteiger partial charge < -0.3 is 0 Å². The van der Waals surface area contributed by atoms with Gasteiger partial charge in [-0.05, 0) is 31.0 Å². The first-order valence-electron chi connectivity index (χ1n) is 6.30. The minimum atomic E-state index is -3.63. The Morgan fingerprint density at radius 3 is 2.71 bits per heavy atom. The molecule has 1 N–H and O–H groups in total. The third-order valence-corrected chi connectivity index (χ3v) is 6.09. The molecule has 1 saturated heterocycles. The molecule has 1 aromatic carbocycles. The van der Waals surface area contributed by atoms with Crippen LogP contribution in [0.5, 0.6) is 0 Å². The summed E-state index contributed by atoms with van der Waals surface area (Å²) in [4.78, 5) is 0. The largest absolute Gasteiger partial charge is 0.282 e. The minimum absolute atomic E-state index is 0.110. The van der Waals surface area contributed by atoms with Crippen molar-refractivity contribution >= 4 is 31.4 Å². The highest BCUT2D eigenvalue weighted by molar-refractivity contribution is 7.93. The van der Waals surface area contributed by atoms with Crippen molar-refractivity contribution in [2.45, 2.75) is 13.3 Å². The maximum Gasteiger partial charge on any atom is 0.244 e. The Labute approximate surface area is 125 Å². The van der Waals surface area contributed by atoms with Crippen LogP contribution in [0.2, 0.25) is 0 Å². The number of terminal acetylenes is 1. The summed E-state index contributed by atoms with van der Waals surface area (Å²) in [5.41, 5.74) is 1.48. The molecule has 0 aromatic heterocycles. The Morgan fingerprint density at radius 2 is 2.14 bits per heavy atom. The van der Waals surface area contributed by atoms with Gasteiger partial charge in [0, 0.05) is 6.54 Å². The fourth-order valence-electron chi connectivity index (χ4n) is 2.12. The molecule has 1 aliphatic rings. The van der Waals surface area contributed by atoms with Gasteiger partial charge in [0.1, 0.15) is 5.75 Å². The van der Waals surface area contributed by atoms with E-state index in [1.54, 1.807) is 19.1 Å². The van der Waals surface area contributed by atoms with Crippen molar-refractivity contribution in [3.63, 3.8) is 0 Å². The first-order chi connectivity index (χ1) is 9.75. The molecule has 0 bridgehead atoms. The lowest BCUT2D eigenvalue weighted by Crippen LogP contribution is -2.25. The summed E-state index contributed by atoms with van der Waals surface area (Å²) in [6, 6.07) is 4.86. The Kier molecular flexibility index (Phi) is 4.16. The first-order valence-corrected chi connectivity index (χ1v) is 9.56. The van der Waals surface area contributed by atoms with Gasteiger partial charge in [0.2, 0.25) is 20.0 Å². The number of sulfonamides is 2. The molecular weight excluding hydrogens is 312 g/mol. The van der Waals surface area contributed by atoms with Gasteiger partial charge in [0.15, 0.2) is 0 Å². The molecule has 0 unspecified atom stereocenters. The normalized spacial score (nSPS) is 17.4. The molecule has 0 amide bonds. The van der Waals surface area contributed by atoms with Gasteiger partial charge >= 0.3 is 0 Å². The second-order valence-corrected chi connectivity index (χ2v) is 8.54. The van der Waals surface area contributed by atoms with Crippen molar-refractivity contribution in [2.24, 2.45) is 0 Å². The van der Waals surface area contributed by atoms with Crippen LogP contribution in [-0.2, 0) is 20.0 Å². The van der Waals surface area contributed by atoms with Crippen molar-refractivity contribution in [1.29, 1.82) is 0 Å². The molecule has 21 heavy (non-hydrogen) atoms. The first kappa shape index (κ1) is 15.7. The van der Waals surface area contributed by atoms with Crippen molar-refractivity contribution in [3.8, 4) is 12.3 Å². The molecule has 1 aromatic rings. The van der Waals surface area contributed by atoms with Crippen molar-refractivity contribution in [2.75, 3.05) is 27.1 Å². The van der Waals surface area contributed by atoms with Crippen LogP contribution < -0.4 is 9.03 Å². The molecule has 114 valence electrons. The molecule has 0 spiro atoms. The van der Waals surface area contributed by atoms with Gasteiger partial charge in [-0.2, -0.15) is 0 Å². The fraction of sp³-hybridized carbons (Fsp3) is 0.385. The number of benzene rings is 1. The van der Waals surface area contributed by atoms with Crippen LogP contribution in [0.15, 0.2) is 18.2 Å². The van der Waals surface area contributed by atoms with E-state index in [-0.39, 0.29) is 5.75 Å². The summed E-state index contributed by atoms with van der Waals surface area (Å²) >= 11 is 0. The van der Waals surface area contributed by atoms with E-state index < -0.39 is 25.8 Å². The standard InChI is InChI=1S/C13H16N2O4S2/c1-3-8-20(16,17)14-13-10-12(6-5-11(13)2)15-7-4-9-21(15,18)19/h1,5-6,10,14H,4,7-9H2,2H3. The van der Waals surface area contributed by atoms with Crippen LogP contribution in [0.1, 0.15) is 12.0 Å². The molecule has 8 heteroatoms. The van der Waals surface area contributed by atoms with E-state index in [9.17, 15) is 16.8 Å². The number of hydrogen-bond acceptors (Lipinski definition) is 4. The summed E-state index contributed by atoms with van der Waals surface area (Å²) in [6.45, 7) is 2.14. The minimum Gasteiger partial charge on any atom is -0.282 e. The van der Waals surface area contributed by atoms with Crippen LogP contribution in [0.3, 0.4) is 0 Å². The Balaban J connectivity index is 2.37. The zero-order valence-electron chi connectivity index (χ0n) is 11.5. The second kappa shape index (κ2) is 5.58. The predicted octanol–water partition coefficient (Wildman–Crippen LogP) is 0.910. The predicted molar refractivity (Wildman–Crippen MR) is 83.2 cm³/mol. The van der Waals surface area contributed by atoms with E-state index >= 15 is 0 Å². The van der Waals surface area contributed by atoms with Gasteiger partial charge in [-0.15, -0.1) is 6.42 Å². The Hall–Kier alpha value is -1.72. The summed E-state index contributed by atoms with van der Waals surface area (Å²) in [5, 5.41) is 0. The average molecular weight is 328 g/mol. The molecule has 0 radical (unpaired) electrons. The average Bonchev–Trinajstić information content (AvgIpc) is 2.71. The molecule has 6 nitrogen and oxygen atoms in total. The molecule has 0 saturated carbocycles. The van der Waals surface area contributed by atoms with Gasteiger partial charge in [0.25, 0.3) is 0 Å². The van der Waals surface area contributed by atoms with Crippen LogP contribution in [0.4, 0.5) is 11.4 Å². The van der Waals surface area contributed by atoms with Crippen LogP contribution in [0, 0.1) is 19.3 Å². The van der Waals surface area contributed by atoms with E-state index in [2.05, 4.69) is 10.6 Å². The van der Waals surface area contributed by atoms with E-state index in [4.69, 9.17) is 6.42 Å². The van der Waals surface area contributed by atoms with Gasteiger partial charge in [-0.1, -0.05) is 12.0 Å². The lowest BCUT2D eigenvalue weighted by Gasteiger charge is -2.19. The number of nitrogens with one attached hydrogen (secondary N) is 1. The van der Waals surface area contributed by atoms with Gasteiger partial charge in [0.05, 0.1) is 17.1 Å². The summed E-state index contributed by atoms with van der Waals surface area (Å²) < 4.78 is 51.0. The number of anilines is 2. The monoisotopic (exact) mass is 328 g/mol. The fourth-order valence-corrected chi connectivity index (χ4v) is 4.52. The SMILES string of the molecule is C#CCS(=O)(=O)Nc1cc(N2CCCS2(=O)=O)ccc1C. The summed E-state index contributed by atoms with van der Waals surface area (Å²) in [6.07, 6.45) is 5.58. The number of nitrogens with zero attached hydrogens (tertiary/aromatic N) is 1. The lowest BCUT2D eigenvalue weighted by molar-refractivity contribution is 0.599. The quantitative estimate of drug-likeness (QED) is 0.833. The molecule has 0 aliphatic carbocycles. The highest BCUT2D eigenvalue weighted by Crippen LogP contribution is 2.28. The Morgan fingerprint density at radius 1 is 1.43 bits per heavy atom. The summed E-state index contributed by atoms with van der Waals surface area (Å²) in [7, 11) is -6.93. The second-order valence-electron chi connectivity index (χ2n) is 4.81. The molecule has 1 aliphatic heterocycles. The zero-order valence-corrected chi connectivity index (χ0v) is 13.2.